The number of rotatable bonds is 5. The number of cyclic esters (lactones) is 1. The lowest BCUT2D eigenvalue weighted by molar-refractivity contribution is -0.133. The van der Waals surface area contributed by atoms with Crippen LogP contribution in [0.4, 0.5) is 4.79 Å². The quantitative estimate of drug-likeness (QED) is 0.810. The van der Waals surface area contributed by atoms with Gasteiger partial charge in [0, 0.05) is 37.9 Å². The van der Waals surface area contributed by atoms with Gasteiger partial charge in [0.2, 0.25) is 5.91 Å². The van der Waals surface area contributed by atoms with Crippen molar-refractivity contribution in [3.63, 3.8) is 0 Å². The summed E-state index contributed by atoms with van der Waals surface area (Å²) in [5, 5.41) is 0. The highest BCUT2D eigenvalue weighted by Gasteiger charge is 2.30. The largest absolute Gasteiger partial charge is 0.448 e. The molecule has 2 aromatic rings. The molecule has 27 heavy (non-hydrogen) atoms. The highest BCUT2D eigenvalue weighted by molar-refractivity contribution is 5.83. The van der Waals surface area contributed by atoms with E-state index >= 15 is 0 Å². The van der Waals surface area contributed by atoms with Crippen LogP contribution >= 0.6 is 0 Å². The number of carbonyl (C=O) groups is 2. The molecule has 2 fully saturated rings. The van der Waals surface area contributed by atoms with E-state index in [1.54, 1.807) is 0 Å². The third kappa shape index (κ3) is 3.97. The van der Waals surface area contributed by atoms with E-state index in [0.717, 1.165) is 31.8 Å². The molecule has 1 aromatic carbocycles. The molecule has 1 aromatic heterocycles. The Hall–Kier alpha value is -2.83. The second-order valence-corrected chi connectivity index (χ2v) is 7.11. The van der Waals surface area contributed by atoms with Crippen molar-refractivity contribution < 1.29 is 14.3 Å². The van der Waals surface area contributed by atoms with Gasteiger partial charge in [-0.2, -0.15) is 0 Å². The maximum atomic E-state index is 12.6. The lowest BCUT2D eigenvalue weighted by Crippen LogP contribution is -2.45. The maximum Gasteiger partial charge on any atom is 0.410 e. The molecule has 7 nitrogen and oxygen atoms in total. The van der Waals surface area contributed by atoms with Crippen molar-refractivity contribution in [2.75, 3.05) is 32.8 Å². The first-order valence-corrected chi connectivity index (χ1v) is 9.45. The number of hydrogen-bond acceptors (Lipinski definition) is 4. The van der Waals surface area contributed by atoms with Crippen LogP contribution in [-0.4, -0.2) is 64.1 Å². The van der Waals surface area contributed by atoms with E-state index in [-0.39, 0.29) is 18.4 Å². The first-order valence-electron chi connectivity index (χ1n) is 9.45. The minimum Gasteiger partial charge on any atom is -0.448 e. The van der Waals surface area contributed by atoms with Gasteiger partial charge < -0.3 is 14.2 Å². The number of likely N-dealkylation sites (tertiary alicyclic amines) is 1. The molecule has 4 rings (SSSR count). The topological polar surface area (TPSA) is 67.7 Å². The summed E-state index contributed by atoms with van der Waals surface area (Å²) in [6.07, 6.45) is 5.40. The zero-order valence-electron chi connectivity index (χ0n) is 15.3. The van der Waals surface area contributed by atoms with Crippen LogP contribution in [0.25, 0.3) is 0 Å². The van der Waals surface area contributed by atoms with Crippen molar-refractivity contribution in [2.24, 2.45) is 0 Å². The molecule has 7 heteroatoms. The van der Waals surface area contributed by atoms with Gasteiger partial charge in [0.15, 0.2) is 0 Å². The SMILES string of the molecule is O=C(CN1CCOC1=O)N1CCC[C@H](c2nccn2Cc2ccccc2)C1. The Morgan fingerprint density at radius 2 is 2.07 bits per heavy atom. The van der Waals surface area contributed by atoms with Crippen LogP contribution in [0.2, 0.25) is 0 Å². The number of hydrogen-bond donors (Lipinski definition) is 0. The van der Waals surface area contributed by atoms with Crippen molar-refractivity contribution >= 4 is 12.0 Å². The molecule has 1 atom stereocenters. The number of nitrogens with zero attached hydrogens (tertiary/aromatic N) is 4. The molecular formula is C20H24N4O3. The zero-order valence-corrected chi connectivity index (χ0v) is 15.3. The Morgan fingerprint density at radius 3 is 2.85 bits per heavy atom. The van der Waals surface area contributed by atoms with Crippen molar-refractivity contribution in [1.82, 2.24) is 19.4 Å². The number of benzene rings is 1. The Labute approximate surface area is 158 Å². The molecule has 2 amide bonds. The van der Waals surface area contributed by atoms with Gasteiger partial charge in [-0.25, -0.2) is 9.78 Å². The summed E-state index contributed by atoms with van der Waals surface area (Å²) >= 11 is 0. The number of aromatic nitrogens is 2. The first kappa shape index (κ1) is 17.6. The van der Waals surface area contributed by atoms with E-state index in [1.807, 2.05) is 35.5 Å². The first-order chi connectivity index (χ1) is 13.2. The standard InChI is InChI=1S/C20H24N4O3/c25-18(15-24-11-12-27-20(24)26)22-9-4-7-17(14-22)19-21-8-10-23(19)13-16-5-2-1-3-6-16/h1-3,5-6,8,10,17H,4,7,9,11-15H2/t17-/m0/s1. The highest BCUT2D eigenvalue weighted by atomic mass is 16.6. The lowest BCUT2D eigenvalue weighted by Gasteiger charge is -2.33. The third-order valence-electron chi connectivity index (χ3n) is 5.25. The Kier molecular flexibility index (Phi) is 5.09. The Bertz CT molecular complexity index is 805. The second kappa shape index (κ2) is 7.82. The molecule has 2 aliphatic heterocycles. The van der Waals surface area contributed by atoms with E-state index in [9.17, 15) is 9.59 Å². The monoisotopic (exact) mass is 368 g/mol. The molecule has 0 saturated carbocycles. The number of piperidine rings is 1. The van der Waals surface area contributed by atoms with Crippen molar-refractivity contribution in [1.29, 1.82) is 0 Å². The van der Waals surface area contributed by atoms with Gasteiger partial charge in [0.05, 0.1) is 6.54 Å². The molecule has 3 heterocycles. The van der Waals surface area contributed by atoms with Crippen molar-refractivity contribution in [2.45, 2.75) is 25.3 Å². The van der Waals surface area contributed by atoms with Crippen LogP contribution in [-0.2, 0) is 16.1 Å². The number of carbonyl (C=O) groups excluding carboxylic acids is 2. The molecule has 0 N–H and O–H groups in total. The smallest absolute Gasteiger partial charge is 0.410 e. The Balaban J connectivity index is 1.42. The van der Waals surface area contributed by atoms with Gasteiger partial charge in [0.25, 0.3) is 0 Å². The van der Waals surface area contributed by atoms with Gasteiger partial charge in [-0.15, -0.1) is 0 Å². The van der Waals surface area contributed by atoms with Gasteiger partial charge in [-0.05, 0) is 18.4 Å². The molecule has 0 spiro atoms. The van der Waals surface area contributed by atoms with Gasteiger partial charge >= 0.3 is 6.09 Å². The van der Waals surface area contributed by atoms with Crippen LogP contribution < -0.4 is 0 Å². The predicted octanol–water partition coefficient (Wildman–Crippen LogP) is 2.09. The second-order valence-electron chi connectivity index (χ2n) is 7.11. The molecular weight excluding hydrogens is 344 g/mol. The predicted molar refractivity (Wildman–Crippen MR) is 99.2 cm³/mol. The summed E-state index contributed by atoms with van der Waals surface area (Å²) in [7, 11) is 0. The molecule has 142 valence electrons. The molecule has 0 unspecified atom stereocenters. The molecule has 0 radical (unpaired) electrons. The van der Waals surface area contributed by atoms with Crippen LogP contribution in [0.3, 0.4) is 0 Å². The summed E-state index contributed by atoms with van der Waals surface area (Å²) in [5.74, 6) is 1.23. The van der Waals surface area contributed by atoms with E-state index < -0.39 is 6.09 Å². The van der Waals surface area contributed by atoms with Crippen LogP contribution in [0.1, 0.15) is 30.1 Å². The summed E-state index contributed by atoms with van der Waals surface area (Å²) in [6, 6.07) is 10.3. The summed E-state index contributed by atoms with van der Waals surface area (Å²) in [6.45, 7) is 3.12. The fraction of sp³-hybridized carbons (Fsp3) is 0.450. The average Bonchev–Trinajstić information content (AvgIpc) is 3.32. The summed E-state index contributed by atoms with van der Waals surface area (Å²) in [5.41, 5.74) is 1.23. The van der Waals surface area contributed by atoms with E-state index in [0.29, 0.717) is 19.7 Å². The third-order valence-corrected chi connectivity index (χ3v) is 5.25. The highest BCUT2D eigenvalue weighted by Crippen LogP contribution is 2.26. The van der Waals surface area contributed by atoms with Gasteiger partial charge in [0.1, 0.15) is 19.0 Å². The van der Waals surface area contributed by atoms with Crippen LogP contribution in [0, 0.1) is 0 Å². The van der Waals surface area contributed by atoms with Gasteiger partial charge in [-0.1, -0.05) is 30.3 Å². The Morgan fingerprint density at radius 1 is 1.22 bits per heavy atom. The van der Waals surface area contributed by atoms with Gasteiger partial charge in [-0.3, -0.25) is 9.69 Å². The average molecular weight is 368 g/mol. The fourth-order valence-corrected chi connectivity index (χ4v) is 3.84. The van der Waals surface area contributed by atoms with E-state index in [2.05, 4.69) is 21.7 Å². The van der Waals surface area contributed by atoms with Crippen LogP contribution in [0.5, 0.6) is 0 Å². The zero-order chi connectivity index (χ0) is 18.6. The number of ether oxygens (including phenoxy) is 1. The minimum atomic E-state index is -0.393. The number of amides is 2. The molecule has 0 aliphatic carbocycles. The molecule has 2 saturated heterocycles. The lowest BCUT2D eigenvalue weighted by atomic mass is 9.97. The maximum absolute atomic E-state index is 12.6. The number of imidazole rings is 1. The van der Waals surface area contributed by atoms with Crippen molar-refractivity contribution in [3.8, 4) is 0 Å². The van der Waals surface area contributed by atoms with E-state index in [4.69, 9.17) is 4.74 Å². The van der Waals surface area contributed by atoms with E-state index in [1.165, 1.54) is 10.5 Å². The molecule has 2 aliphatic rings. The fourth-order valence-electron chi connectivity index (χ4n) is 3.84. The van der Waals surface area contributed by atoms with Crippen LogP contribution in [0.15, 0.2) is 42.7 Å². The minimum absolute atomic E-state index is 0.0142. The van der Waals surface area contributed by atoms with Crippen molar-refractivity contribution in [3.05, 3.63) is 54.1 Å². The molecule has 0 bridgehead atoms. The summed E-state index contributed by atoms with van der Waals surface area (Å²) < 4.78 is 7.08. The summed E-state index contributed by atoms with van der Waals surface area (Å²) in [4.78, 5) is 32.1. The normalized spacial score (nSPS) is 20.0.